The Hall–Kier alpha value is -3.22. The average molecular weight is 322 g/mol. The van der Waals surface area contributed by atoms with Crippen LogP contribution < -0.4 is 10.2 Å². The van der Waals surface area contributed by atoms with Crippen molar-refractivity contribution < 1.29 is 4.79 Å². The van der Waals surface area contributed by atoms with Crippen molar-refractivity contribution in [2.24, 2.45) is 0 Å². The third-order valence-electron chi connectivity index (χ3n) is 3.54. The summed E-state index contributed by atoms with van der Waals surface area (Å²) in [5.41, 5.74) is 2.18. The van der Waals surface area contributed by atoms with Crippen LogP contribution in [0.15, 0.2) is 55.2 Å². The fourth-order valence-corrected chi connectivity index (χ4v) is 2.44. The summed E-state index contributed by atoms with van der Waals surface area (Å²) in [6.45, 7) is 0.395. The Balaban J connectivity index is 1.80. The van der Waals surface area contributed by atoms with Gasteiger partial charge in [-0.3, -0.25) is 4.79 Å². The average Bonchev–Trinajstić information content (AvgIpc) is 3.14. The Morgan fingerprint density at radius 3 is 2.79 bits per heavy atom. The normalized spacial score (nSPS) is 10.4. The molecule has 0 spiro atoms. The number of aromatic nitrogens is 4. The zero-order valence-corrected chi connectivity index (χ0v) is 13.5. The Bertz CT molecular complexity index is 829. The fraction of sp³-hybridized carbons (Fsp3) is 0.176. The molecule has 24 heavy (non-hydrogen) atoms. The summed E-state index contributed by atoms with van der Waals surface area (Å²) < 4.78 is 1.57. The summed E-state index contributed by atoms with van der Waals surface area (Å²) in [4.78, 5) is 22.8. The Labute approximate surface area is 140 Å². The number of nitrogens with zero attached hydrogens (tertiary/aromatic N) is 5. The molecule has 0 unspecified atom stereocenters. The van der Waals surface area contributed by atoms with Crippen molar-refractivity contribution in [2.75, 3.05) is 19.0 Å². The quantitative estimate of drug-likeness (QED) is 0.773. The van der Waals surface area contributed by atoms with Gasteiger partial charge in [-0.1, -0.05) is 18.2 Å². The molecule has 1 aromatic carbocycles. The Morgan fingerprint density at radius 1 is 1.21 bits per heavy atom. The number of rotatable bonds is 5. The van der Waals surface area contributed by atoms with Crippen molar-refractivity contribution in [1.29, 1.82) is 0 Å². The van der Waals surface area contributed by atoms with Crippen molar-refractivity contribution in [3.8, 4) is 5.69 Å². The Morgan fingerprint density at radius 2 is 2.04 bits per heavy atom. The lowest BCUT2D eigenvalue weighted by molar-refractivity contribution is 0.0951. The molecule has 0 aliphatic heterocycles. The minimum Gasteiger partial charge on any atom is -0.362 e. The molecule has 0 aliphatic carbocycles. The van der Waals surface area contributed by atoms with Crippen LogP contribution in [0.5, 0.6) is 0 Å². The fourth-order valence-electron chi connectivity index (χ4n) is 2.44. The number of amides is 1. The lowest BCUT2D eigenvalue weighted by Crippen LogP contribution is -2.25. The van der Waals surface area contributed by atoms with E-state index in [9.17, 15) is 4.79 Å². The first-order valence-electron chi connectivity index (χ1n) is 7.50. The van der Waals surface area contributed by atoms with Crippen LogP contribution in [-0.2, 0) is 6.54 Å². The number of hydrogen-bond donors (Lipinski definition) is 1. The van der Waals surface area contributed by atoms with Crippen molar-refractivity contribution in [3.63, 3.8) is 0 Å². The predicted molar refractivity (Wildman–Crippen MR) is 91.1 cm³/mol. The Kier molecular flexibility index (Phi) is 4.51. The van der Waals surface area contributed by atoms with Crippen LogP contribution in [0.2, 0.25) is 0 Å². The molecule has 0 saturated carbocycles. The van der Waals surface area contributed by atoms with E-state index in [4.69, 9.17) is 0 Å². The highest BCUT2D eigenvalue weighted by atomic mass is 16.1. The first-order valence-corrected chi connectivity index (χ1v) is 7.50. The second-order valence-electron chi connectivity index (χ2n) is 5.42. The number of carbonyl (C=O) groups excluding carboxylic acids is 1. The lowest BCUT2D eigenvalue weighted by atomic mass is 10.1. The van der Waals surface area contributed by atoms with Gasteiger partial charge in [0.05, 0.1) is 11.3 Å². The minimum atomic E-state index is -0.172. The summed E-state index contributed by atoms with van der Waals surface area (Å²) in [6.07, 6.45) is 4.74. The second kappa shape index (κ2) is 6.91. The summed E-state index contributed by atoms with van der Waals surface area (Å²) in [7, 11) is 3.85. The minimum absolute atomic E-state index is 0.172. The number of carbonyl (C=O) groups is 1. The smallest absolute Gasteiger partial charge is 0.253 e. The number of para-hydroxylation sites is 1. The monoisotopic (exact) mass is 322 g/mol. The molecule has 0 bridgehead atoms. The van der Waals surface area contributed by atoms with E-state index in [0.29, 0.717) is 17.8 Å². The van der Waals surface area contributed by atoms with Gasteiger partial charge in [-0.2, -0.15) is 5.10 Å². The first kappa shape index (κ1) is 15.7. The van der Waals surface area contributed by atoms with E-state index in [1.54, 1.807) is 23.3 Å². The van der Waals surface area contributed by atoms with E-state index in [-0.39, 0.29) is 5.91 Å². The molecule has 3 aromatic rings. The number of hydrogen-bond acceptors (Lipinski definition) is 5. The molecule has 0 aliphatic rings. The first-order chi connectivity index (χ1) is 11.7. The van der Waals surface area contributed by atoms with Crippen LogP contribution in [0, 0.1) is 0 Å². The molecule has 3 rings (SSSR count). The molecule has 2 heterocycles. The molecule has 7 nitrogen and oxygen atoms in total. The topological polar surface area (TPSA) is 75.9 Å². The van der Waals surface area contributed by atoms with Gasteiger partial charge >= 0.3 is 0 Å². The van der Waals surface area contributed by atoms with Gasteiger partial charge in [0.25, 0.3) is 5.91 Å². The van der Waals surface area contributed by atoms with E-state index in [1.807, 2.05) is 49.3 Å². The van der Waals surface area contributed by atoms with Crippen molar-refractivity contribution in [1.82, 2.24) is 25.1 Å². The highest BCUT2D eigenvalue weighted by molar-refractivity contribution is 5.97. The molecule has 2 aromatic heterocycles. The van der Waals surface area contributed by atoms with Gasteiger partial charge in [-0.25, -0.2) is 14.6 Å². The van der Waals surface area contributed by atoms with Gasteiger partial charge in [-0.05, 0) is 18.2 Å². The molecule has 0 radical (unpaired) electrons. The van der Waals surface area contributed by atoms with Crippen LogP contribution >= 0.6 is 0 Å². The van der Waals surface area contributed by atoms with Gasteiger partial charge in [0.2, 0.25) is 0 Å². The molecule has 122 valence electrons. The summed E-state index contributed by atoms with van der Waals surface area (Å²) in [5, 5.41) is 7.04. The van der Waals surface area contributed by atoms with Crippen LogP contribution in [0.4, 0.5) is 5.82 Å². The molecule has 0 atom stereocenters. The molecule has 7 heteroatoms. The molecule has 0 saturated heterocycles. The zero-order chi connectivity index (χ0) is 16.9. The van der Waals surface area contributed by atoms with Crippen molar-refractivity contribution in [2.45, 2.75) is 6.54 Å². The van der Waals surface area contributed by atoms with E-state index < -0.39 is 0 Å². The highest BCUT2D eigenvalue weighted by Crippen LogP contribution is 2.16. The molecule has 0 fully saturated rings. The SMILES string of the molecule is CN(C)c1ncccc1CNC(=O)c1ccccc1-n1cncn1. The van der Waals surface area contributed by atoms with Gasteiger partial charge in [0.15, 0.2) is 0 Å². The van der Waals surface area contributed by atoms with Gasteiger partial charge in [0, 0.05) is 32.4 Å². The second-order valence-corrected chi connectivity index (χ2v) is 5.42. The standard InChI is InChI=1S/C17H18N6O/c1-22(2)16-13(6-5-9-19-16)10-20-17(24)14-7-3-4-8-15(14)23-12-18-11-21-23/h3-9,11-12H,10H2,1-2H3,(H,20,24). The highest BCUT2D eigenvalue weighted by Gasteiger charge is 2.13. The molecular weight excluding hydrogens is 304 g/mol. The maximum absolute atomic E-state index is 12.6. The third-order valence-corrected chi connectivity index (χ3v) is 3.54. The van der Waals surface area contributed by atoms with Crippen LogP contribution in [-0.4, -0.2) is 39.8 Å². The number of anilines is 1. The predicted octanol–water partition coefficient (Wildman–Crippen LogP) is 1.66. The van der Waals surface area contributed by atoms with E-state index in [0.717, 1.165) is 11.4 Å². The van der Waals surface area contributed by atoms with Crippen molar-refractivity contribution >= 4 is 11.7 Å². The summed E-state index contributed by atoms with van der Waals surface area (Å²) >= 11 is 0. The van der Waals surface area contributed by atoms with E-state index in [1.165, 1.54) is 6.33 Å². The summed E-state index contributed by atoms with van der Waals surface area (Å²) in [6, 6.07) is 11.1. The van der Waals surface area contributed by atoms with E-state index in [2.05, 4.69) is 20.4 Å². The van der Waals surface area contributed by atoms with Crippen molar-refractivity contribution in [3.05, 3.63) is 66.4 Å². The lowest BCUT2D eigenvalue weighted by Gasteiger charge is -2.16. The van der Waals surface area contributed by atoms with E-state index >= 15 is 0 Å². The number of nitrogens with one attached hydrogen (secondary N) is 1. The molecule has 1 N–H and O–H groups in total. The largest absolute Gasteiger partial charge is 0.362 e. The zero-order valence-electron chi connectivity index (χ0n) is 13.5. The number of pyridine rings is 1. The third kappa shape index (κ3) is 3.24. The van der Waals surface area contributed by atoms with Crippen LogP contribution in [0.1, 0.15) is 15.9 Å². The van der Waals surface area contributed by atoms with Gasteiger partial charge < -0.3 is 10.2 Å². The number of benzene rings is 1. The van der Waals surface area contributed by atoms with Crippen LogP contribution in [0.25, 0.3) is 5.69 Å². The van der Waals surface area contributed by atoms with Gasteiger partial charge in [-0.15, -0.1) is 0 Å². The molecule has 1 amide bonds. The maximum atomic E-state index is 12.6. The van der Waals surface area contributed by atoms with Crippen LogP contribution in [0.3, 0.4) is 0 Å². The molecular formula is C17H18N6O. The summed E-state index contributed by atoms with van der Waals surface area (Å²) in [5.74, 6) is 0.664. The maximum Gasteiger partial charge on any atom is 0.253 e. The van der Waals surface area contributed by atoms with Gasteiger partial charge in [0.1, 0.15) is 18.5 Å².